The second-order valence-electron chi connectivity index (χ2n) is 3.89. The lowest BCUT2D eigenvalue weighted by Crippen LogP contribution is -1.98. The third kappa shape index (κ3) is 1.94. The molecule has 90 valence electrons. The van der Waals surface area contributed by atoms with E-state index >= 15 is 0 Å². The molecule has 0 aliphatic rings. The highest BCUT2D eigenvalue weighted by Crippen LogP contribution is 2.21. The highest BCUT2D eigenvalue weighted by atomic mass is 16.6. The largest absolute Gasteiger partial charge is 0.303 e. The van der Waals surface area contributed by atoms with Crippen LogP contribution in [0.3, 0.4) is 0 Å². The van der Waals surface area contributed by atoms with Crippen molar-refractivity contribution < 1.29 is 4.92 Å². The Morgan fingerprint density at radius 2 is 2.11 bits per heavy atom. The molecule has 0 unspecified atom stereocenters. The molecule has 0 aliphatic heterocycles. The fourth-order valence-corrected chi connectivity index (χ4v) is 1.66. The van der Waals surface area contributed by atoms with Crippen molar-refractivity contribution in [1.29, 1.82) is 5.26 Å². The van der Waals surface area contributed by atoms with Crippen molar-refractivity contribution in [3.05, 3.63) is 51.6 Å². The first kappa shape index (κ1) is 11.8. The number of aromatic nitrogens is 2. The van der Waals surface area contributed by atoms with E-state index in [0.717, 1.165) is 11.4 Å². The van der Waals surface area contributed by atoms with Gasteiger partial charge in [0.05, 0.1) is 34.3 Å². The summed E-state index contributed by atoms with van der Waals surface area (Å²) in [5, 5.41) is 19.7. The van der Waals surface area contributed by atoms with Gasteiger partial charge in [-0.25, -0.2) is 4.98 Å². The predicted octanol–water partition coefficient (Wildman–Crippen LogP) is 2.27. The molecule has 6 nitrogen and oxygen atoms in total. The molecule has 18 heavy (non-hydrogen) atoms. The van der Waals surface area contributed by atoms with Gasteiger partial charge >= 0.3 is 0 Å². The molecule has 0 atom stereocenters. The number of benzene rings is 1. The van der Waals surface area contributed by atoms with Gasteiger partial charge < -0.3 is 4.57 Å². The lowest BCUT2D eigenvalue weighted by atomic mass is 10.2. The lowest BCUT2D eigenvalue weighted by molar-refractivity contribution is -0.384. The smallest absolute Gasteiger partial charge is 0.272 e. The van der Waals surface area contributed by atoms with Crippen LogP contribution in [-0.4, -0.2) is 14.5 Å². The SMILES string of the molecule is Cc1ncn(-c2cc(C#N)cc([N+](=O)[O-])c2)c1C. The topological polar surface area (TPSA) is 84.8 Å². The molecule has 0 aliphatic carbocycles. The monoisotopic (exact) mass is 242 g/mol. The molecule has 1 aromatic heterocycles. The molecule has 0 radical (unpaired) electrons. The van der Waals surface area contributed by atoms with Gasteiger partial charge in [0.1, 0.15) is 0 Å². The van der Waals surface area contributed by atoms with Gasteiger partial charge in [-0.3, -0.25) is 10.1 Å². The molecule has 1 aromatic carbocycles. The molecule has 2 aromatic rings. The molecule has 0 amide bonds. The molecule has 0 spiro atoms. The maximum absolute atomic E-state index is 10.8. The van der Waals surface area contributed by atoms with Crippen LogP contribution in [0.15, 0.2) is 24.5 Å². The van der Waals surface area contributed by atoms with E-state index in [9.17, 15) is 10.1 Å². The number of hydrogen-bond donors (Lipinski definition) is 0. The van der Waals surface area contributed by atoms with Crippen LogP contribution in [0.4, 0.5) is 5.69 Å². The number of nitro groups is 1. The molecule has 0 saturated heterocycles. The van der Waals surface area contributed by atoms with Gasteiger partial charge in [-0.05, 0) is 19.9 Å². The summed E-state index contributed by atoms with van der Waals surface area (Å²) in [6.45, 7) is 3.72. The zero-order valence-electron chi connectivity index (χ0n) is 9.91. The zero-order valence-corrected chi connectivity index (χ0v) is 9.91. The minimum absolute atomic E-state index is 0.102. The van der Waals surface area contributed by atoms with Gasteiger partial charge in [0, 0.05) is 17.8 Å². The van der Waals surface area contributed by atoms with Crippen LogP contribution in [-0.2, 0) is 0 Å². The molecule has 1 heterocycles. The molecule has 6 heteroatoms. The summed E-state index contributed by atoms with van der Waals surface area (Å²) in [7, 11) is 0. The van der Waals surface area contributed by atoms with Crippen LogP contribution in [0.2, 0.25) is 0 Å². The van der Waals surface area contributed by atoms with Crippen molar-refractivity contribution in [3.8, 4) is 11.8 Å². The highest BCUT2D eigenvalue weighted by molar-refractivity contribution is 5.51. The van der Waals surface area contributed by atoms with E-state index in [-0.39, 0.29) is 11.3 Å². The molecular formula is C12H10N4O2. The fraction of sp³-hybridized carbons (Fsp3) is 0.167. The van der Waals surface area contributed by atoms with E-state index in [0.29, 0.717) is 5.69 Å². The number of non-ortho nitro benzene ring substituents is 1. The number of rotatable bonds is 2. The second kappa shape index (κ2) is 4.30. The van der Waals surface area contributed by atoms with Gasteiger partial charge in [-0.1, -0.05) is 0 Å². The number of nitriles is 1. The highest BCUT2D eigenvalue weighted by Gasteiger charge is 2.12. The summed E-state index contributed by atoms with van der Waals surface area (Å²) < 4.78 is 1.73. The van der Waals surface area contributed by atoms with Crippen LogP contribution in [0, 0.1) is 35.3 Å². The number of aryl methyl sites for hydroxylation is 1. The Hall–Kier alpha value is -2.68. The summed E-state index contributed by atoms with van der Waals surface area (Å²) in [5.41, 5.74) is 2.46. The minimum atomic E-state index is -0.510. The van der Waals surface area contributed by atoms with Gasteiger partial charge in [0.25, 0.3) is 5.69 Å². The predicted molar refractivity (Wildman–Crippen MR) is 64.4 cm³/mol. The lowest BCUT2D eigenvalue weighted by Gasteiger charge is -2.05. The molecule has 0 fully saturated rings. The summed E-state index contributed by atoms with van der Waals surface area (Å²) >= 11 is 0. The fourth-order valence-electron chi connectivity index (χ4n) is 1.66. The first-order valence-corrected chi connectivity index (χ1v) is 5.23. The van der Waals surface area contributed by atoms with Crippen molar-refractivity contribution in [2.24, 2.45) is 0 Å². The van der Waals surface area contributed by atoms with E-state index in [1.807, 2.05) is 19.9 Å². The van der Waals surface area contributed by atoms with Crippen LogP contribution in [0.5, 0.6) is 0 Å². The minimum Gasteiger partial charge on any atom is -0.303 e. The molecule has 0 bridgehead atoms. The second-order valence-corrected chi connectivity index (χ2v) is 3.89. The van der Waals surface area contributed by atoms with Crippen molar-refractivity contribution in [2.45, 2.75) is 13.8 Å². The van der Waals surface area contributed by atoms with Crippen molar-refractivity contribution >= 4 is 5.69 Å². The van der Waals surface area contributed by atoms with Crippen LogP contribution in [0.25, 0.3) is 5.69 Å². The van der Waals surface area contributed by atoms with Crippen LogP contribution in [0.1, 0.15) is 17.0 Å². The maximum Gasteiger partial charge on any atom is 0.272 e. The van der Waals surface area contributed by atoms with E-state index in [2.05, 4.69) is 4.98 Å². The van der Waals surface area contributed by atoms with Gasteiger partial charge in [-0.2, -0.15) is 5.26 Å². The number of nitro benzene ring substituents is 1. The van der Waals surface area contributed by atoms with Crippen LogP contribution >= 0.6 is 0 Å². The van der Waals surface area contributed by atoms with Crippen molar-refractivity contribution in [1.82, 2.24) is 9.55 Å². The number of nitrogens with zero attached hydrogens (tertiary/aromatic N) is 4. The molecular weight excluding hydrogens is 232 g/mol. The summed E-state index contributed by atoms with van der Waals surface area (Å²) in [5.74, 6) is 0. The summed E-state index contributed by atoms with van der Waals surface area (Å²) in [6, 6.07) is 6.20. The van der Waals surface area contributed by atoms with Gasteiger partial charge in [0.15, 0.2) is 0 Å². The Morgan fingerprint density at radius 1 is 1.39 bits per heavy atom. The summed E-state index contributed by atoms with van der Waals surface area (Å²) in [4.78, 5) is 14.4. The Kier molecular flexibility index (Phi) is 2.81. The number of hydrogen-bond acceptors (Lipinski definition) is 4. The third-order valence-electron chi connectivity index (χ3n) is 2.77. The molecule has 2 rings (SSSR count). The van der Waals surface area contributed by atoms with Gasteiger partial charge in [-0.15, -0.1) is 0 Å². The maximum atomic E-state index is 10.8. The normalized spacial score (nSPS) is 10.1. The first-order valence-electron chi connectivity index (χ1n) is 5.23. The Morgan fingerprint density at radius 3 is 2.61 bits per heavy atom. The van der Waals surface area contributed by atoms with Gasteiger partial charge in [0.2, 0.25) is 0 Å². The van der Waals surface area contributed by atoms with Crippen LogP contribution < -0.4 is 0 Å². The van der Waals surface area contributed by atoms with E-state index in [1.54, 1.807) is 17.0 Å². The third-order valence-corrected chi connectivity index (χ3v) is 2.77. The van der Waals surface area contributed by atoms with Crippen molar-refractivity contribution in [3.63, 3.8) is 0 Å². The van der Waals surface area contributed by atoms with E-state index < -0.39 is 4.92 Å². The first-order chi connectivity index (χ1) is 8.52. The average Bonchev–Trinajstić information content (AvgIpc) is 2.69. The molecule has 0 saturated carbocycles. The molecule has 0 N–H and O–H groups in total. The Labute approximate surface area is 103 Å². The average molecular weight is 242 g/mol. The Balaban J connectivity index is 2.65. The Bertz CT molecular complexity index is 667. The number of imidazole rings is 1. The summed E-state index contributed by atoms with van der Waals surface area (Å²) in [6.07, 6.45) is 1.59. The van der Waals surface area contributed by atoms with E-state index in [1.165, 1.54) is 12.1 Å². The van der Waals surface area contributed by atoms with Crippen molar-refractivity contribution in [2.75, 3.05) is 0 Å². The standard InChI is InChI=1S/C12H10N4O2/c1-8-9(2)15(7-14-8)11-3-10(6-13)4-12(5-11)16(17)18/h3-5,7H,1-2H3. The van der Waals surface area contributed by atoms with E-state index in [4.69, 9.17) is 5.26 Å². The zero-order chi connectivity index (χ0) is 13.3. The quantitative estimate of drug-likeness (QED) is 0.597.